The summed E-state index contributed by atoms with van der Waals surface area (Å²) in [5.41, 5.74) is 3.14. The number of aromatic nitrogens is 2. The highest BCUT2D eigenvalue weighted by atomic mass is 32.1. The first kappa shape index (κ1) is 18.6. The Morgan fingerprint density at radius 2 is 1.86 bits per heavy atom. The van der Waals surface area contributed by atoms with E-state index in [1.54, 1.807) is 7.11 Å². The number of nitrogens with zero attached hydrogens (tertiary/aromatic N) is 3. The molecule has 2 fully saturated rings. The van der Waals surface area contributed by atoms with E-state index in [2.05, 4.69) is 0 Å². The number of carbonyl (C=O) groups is 1. The molecule has 0 saturated heterocycles. The quantitative estimate of drug-likeness (QED) is 0.577. The minimum atomic E-state index is 0.121. The fraction of sp³-hybridized carbons (Fsp3) is 0.435. The first-order chi connectivity index (χ1) is 14.0. The lowest BCUT2D eigenvalue weighted by molar-refractivity contribution is 0.0734. The van der Waals surface area contributed by atoms with E-state index in [0.29, 0.717) is 18.5 Å². The Morgan fingerprint density at radius 1 is 1.14 bits per heavy atom. The minimum absolute atomic E-state index is 0.121. The summed E-state index contributed by atoms with van der Waals surface area (Å²) in [6.45, 7) is 4.71. The van der Waals surface area contributed by atoms with Crippen LogP contribution in [0.25, 0.3) is 10.2 Å². The molecule has 2 aliphatic carbocycles. The zero-order chi connectivity index (χ0) is 20.1. The molecule has 1 amide bonds. The van der Waals surface area contributed by atoms with Crippen LogP contribution in [0.2, 0.25) is 0 Å². The predicted molar refractivity (Wildman–Crippen MR) is 115 cm³/mol. The van der Waals surface area contributed by atoms with Gasteiger partial charge < -0.3 is 9.64 Å². The summed E-state index contributed by atoms with van der Waals surface area (Å²) in [6, 6.07) is 8.32. The van der Waals surface area contributed by atoms with Crippen LogP contribution in [0.3, 0.4) is 0 Å². The highest BCUT2D eigenvalue weighted by Gasteiger charge is 2.35. The van der Waals surface area contributed by atoms with Crippen LogP contribution in [-0.2, 0) is 6.54 Å². The number of fused-ring (bicyclic) bond motifs is 1. The monoisotopic (exact) mass is 407 g/mol. The highest BCUT2D eigenvalue weighted by Crippen LogP contribution is 2.41. The molecular formula is C23H25N3O2S. The number of aryl methyl sites for hydroxylation is 2. The van der Waals surface area contributed by atoms with E-state index in [0.717, 1.165) is 56.3 Å². The smallest absolute Gasteiger partial charge is 0.264 e. The van der Waals surface area contributed by atoms with Crippen LogP contribution >= 0.6 is 11.3 Å². The fourth-order valence-corrected chi connectivity index (χ4v) is 5.09. The van der Waals surface area contributed by atoms with E-state index >= 15 is 0 Å². The van der Waals surface area contributed by atoms with E-state index < -0.39 is 0 Å². The molecule has 0 aliphatic heterocycles. The zero-order valence-corrected chi connectivity index (χ0v) is 17.9. The van der Waals surface area contributed by atoms with Crippen LogP contribution in [0, 0.1) is 13.8 Å². The molecule has 150 valence electrons. The second kappa shape index (κ2) is 7.10. The molecule has 2 aliphatic rings. The number of benzene rings is 1. The summed E-state index contributed by atoms with van der Waals surface area (Å²) in [6.07, 6.45) is 4.52. The van der Waals surface area contributed by atoms with Gasteiger partial charge in [0, 0.05) is 23.9 Å². The molecule has 6 heteroatoms. The SMILES string of the molecule is COc1ccc(CN(C(=O)c2sc3nc(C4CC4)nc(C)c3c2C)C2CC2)cc1. The molecule has 0 unspecified atom stereocenters. The number of methoxy groups -OCH3 is 1. The van der Waals surface area contributed by atoms with Gasteiger partial charge in [0.05, 0.1) is 17.7 Å². The van der Waals surface area contributed by atoms with Gasteiger partial charge in [-0.2, -0.15) is 0 Å². The van der Waals surface area contributed by atoms with Crippen LogP contribution in [0.5, 0.6) is 5.75 Å². The van der Waals surface area contributed by atoms with Gasteiger partial charge in [0.25, 0.3) is 5.91 Å². The molecule has 2 heterocycles. The third-order valence-corrected chi connectivity index (χ3v) is 7.06. The number of ether oxygens (including phenoxy) is 1. The Morgan fingerprint density at radius 3 is 2.48 bits per heavy atom. The molecular weight excluding hydrogens is 382 g/mol. The van der Waals surface area contributed by atoms with E-state index in [1.165, 1.54) is 24.2 Å². The number of carbonyl (C=O) groups excluding carboxylic acids is 1. The summed E-state index contributed by atoms with van der Waals surface area (Å²) >= 11 is 1.53. The van der Waals surface area contributed by atoms with Crippen LogP contribution < -0.4 is 4.74 Å². The summed E-state index contributed by atoms with van der Waals surface area (Å²) in [4.78, 5) is 26.9. The van der Waals surface area contributed by atoms with Gasteiger partial charge in [-0.05, 0) is 62.8 Å². The molecule has 3 aromatic rings. The molecule has 5 nitrogen and oxygen atoms in total. The van der Waals surface area contributed by atoms with Crippen molar-refractivity contribution in [2.24, 2.45) is 0 Å². The first-order valence-electron chi connectivity index (χ1n) is 10.3. The molecule has 0 bridgehead atoms. The molecule has 0 atom stereocenters. The molecule has 29 heavy (non-hydrogen) atoms. The second-order valence-electron chi connectivity index (χ2n) is 8.19. The van der Waals surface area contributed by atoms with E-state index in [1.807, 2.05) is 43.0 Å². The third kappa shape index (κ3) is 3.50. The number of hydrogen-bond acceptors (Lipinski definition) is 5. The minimum Gasteiger partial charge on any atom is -0.497 e. The molecule has 0 spiro atoms. The van der Waals surface area contributed by atoms with Crippen LogP contribution in [-0.4, -0.2) is 33.9 Å². The lowest BCUT2D eigenvalue weighted by atomic mass is 10.1. The van der Waals surface area contributed by atoms with Crippen molar-refractivity contribution in [3.05, 3.63) is 51.8 Å². The maximum Gasteiger partial charge on any atom is 0.264 e. The van der Waals surface area contributed by atoms with Crippen molar-refractivity contribution in [2.45, 2.75) is 58.0 Å². The van der Waals surface area contributed by atoms with Crippen molar-refractivity contribution in [1.29, 1.82) is 0 Å². The van der Waals surface area contributed by atoms with Gasteiger partial charge in [-0.1, -0.05) is 12.1 Å². The van der Waals surface area contributed by atoms with Gasteiger partial charge in [-0.15, -0.1) is 11.3 Å². The van der Waals surface area contributed by atoms with Gasteiger partial charge in [-0.3, -0.25) is 4.79 Å². The van der Waals surface area contributed by atoms with E-state index in [9.17, 15) is 4.79 Å². The first-order valence-corrected chi connectivity index (χ1v) is 11.1. The number of hydrogen-bond donors (Lipinski definition) is 0. The lowest BCUT2D eigenvalue weighted by Crippen LogP contribution is -2.32. The number of rotatable bonds is 6. The summed E-state index contributed by atoms with van der Waals surface area (Å²) < 4.78 is 5.25. The second-order valence-corrected chi connectivity index (χ2v) is 9.19. The average molecular weight is 408 g/mol. The van der Waals surface area contributed by atoms with Crippen molar-refractivity contribution in [2.75, 3.05) is 7.11 Å². The predicted octanol–water partition coefficient (Wildman–Crippen LogP) is 5.00. The Bertz CT molecular complexity index is 1080. The van der Waals surface area contributed by atoms with Crippen molar-refractivity contribution in [3.8, 4) is 5.75 Å². The Labute approximate surface area is 174 Å². The third-order valence-electron chi connectivity index (χ3n) is 5.89. The van der Waals surface area contributed by atoms with E-state index in [-0.39, 0.29) is 5.91 Å². The van der Waals surface area contributed by atoms with Gasteiger partial charge >= 0.3 is 0 Å². The maximum atomic E-state index is 13.6. The van der Waals surface area contributed by atoms with Crippen LogP contribution in [0.4, 0.5) is 0 Å². The summed E-state index contributed by atoms with van der Waals surface area (Å²) in [7, 11) is 1.67. The molecule has 0 radical (unpaired) electrons. The molecule has 0 N–H and O–H groups in total. The van der Waals surface area contributed by atoms with Crippen molar-refractivity contribution in [1.82, 2.24) is 14.9 Å². The standard InChI is InChI=1S/C23H25N3O2S/c1-13-19-14(2)24-21(16-6-7-16)25-22(19)29-20(13)23(27)26(17-8-9-17)12-15-4-10-18(28-3)11-5-15/h4-5,10-11,16-17H,6-9,12H2,1-3H3. The lowest BCUT2D eigenvalue weighted by Gasteiger charge is -2.22. The molecule has 2 saturated carbocycles. The van der Waals surface area contributed by atoms with Crippen LogP contribution in [0.15, 0.2) is 24.3 Å². The normalized spacial score (nSPS) is 16.2. The number of thiophene rings is 1. The molecule has 5 rings (SSSR count). The Kier molecular flexibility index (Phi) is 4.54. The van der Waals surface area contributed by atoms with Gasteiger partial charge in [-0.25, -0.2) is 9.97 Å². The summed E-state index contributed by atoms with van der Waals surface area (Å²) in [5, 5.41) is 1.06. The van der Waals surface area contributed by atoms with Gasteiger partial charge in [0.2, 0.25) is 0 Å². The Balaban J connectivity index is 1.47. The number of amides is 1. The summed E-state index contributed by atoms with van der Waals surface area (Å²) in [5.74, 6) is 2.42. The van der Waals surface area contributed by atoms with Crippen molar-refractivity contribution < 1.29 is 9.53 Å². The van der Waals surface area contributed by atoms with Crippen molar-refractivity contribution in [3.63, 3.8) is 0 Å². The zero-order valence-electron chi connectivity index (χ0n) is 17.1. The molecule has 1 aromatic carbocycles. The highest BCUT2D eigenvalue weighted by molar-refractivity contribution is 7.20. The average Bonchev–Trinajstić information content (AvgIpc) is 3.63. The fourth-order valence-electron chi connectivity index (χ4n) is 3.90. The van der Waals surface area contributed by atoms with Crippen molar-refractivity contribution >= 4 is 27.5 Å². The molecule has 2 aromatic heterocycles. The van der Waals surface area contributed by atoms with Gasteiger partial charge in [0.15, 0.2) is 0 Å². The largest absolute Gasteiger partial charge is 0.497 e. The Hall–Kier alpha value is -2.47. The van der Waals surface area contributed by atoms with Gasteiger partial charge in [0.1, 0.15) is 16.4 Å². The van der Waals surface area contributed by atoms with Crippen LogP contribution in [0.1, 0.15) is 63.9 Å². The maximum absolute atomic E-state index is 13.6. The topological polar surface area (TPSA) is 55.3 Å². The van der Waals surface area contributed by atoms with E-state index in [4.69, 9.17) is 14.7 Å².